The molecule has 0 atom stereocenters. The van der Waals surface area contributed by atoms with Crippen LogP contribution in [-0.2, 0) is 17.8 Å². The molecule has 0 aliphatic heterocycles. The molecule has 0 saturated heterocycles. The molecule has 138 valence electrons. The van der Waals surface area contributed by atoms with E-state index in [9.17, 15) is 14.7 Å². The number of ether oxygens (including phenoxy) is 1. The summed E-state index contributed by atoms with van der Waals surface area (Å²) in [6, 6.07) is 19.0. The van der Waals surface area contributed by atoms with Crippen molar-refractivity contribution >= 4 is 12.1 Å². The maximum atomic E-state index is 11.9. The summed E-state index contributed by atoms with van der Waals surface area (Å²) in [4.78, 5) is 23.3. The zero-order valence-electron chi connectivity index (χ0n) is 14.6. The van der Waals surface area contributed by atoms with Gasteiger partial charge < -0.3 is 19.6 Å². The number of carboxylic acids is 1. The molecule has 0 spiro atoms. The van der Waals surface area contributed by atoms with Crippen LogP contribution in [-0.4, -0.2) is 23.7 Å². The van der Waals surface area contributed by atoms with Gasteiger partial charge in [0, 0.05) is 12.1 Å². The number of carbonyl (C=O) groups excluding carboxylic acids is 1. The SMILES string of the molecule is O=C(NCCc1ccccc1)OCc1c(-c2ccccc2)coc1C(=O)O. The van der Waals surface area contributed by atoms with Crippen molar-refractivity contribution in [1.82, 2.24) is 5.32 Å². The molecule has 3 rings (SSSR count). The third-order valence-electron chi connectivity index (χ3n) is 4.05. The highest BCUT2D eigenvalue weighted by Gasteiger charge is 2.21. The number of hydrogen-bond acceptors (Lipinski definition) is 4. The van der Waals surface area contributed by atoms with Crippen LogP contribution in [0.2, 0.25) is 0 Å². The van der Waals surface area contributed by atoms with Crippen LogP contribution in [0.15, 0.2) is 71.3 Å². The first-order valence-corrected chi connectivity index (χ1v) is 8.49. The highest BCUT2D eigenvalue weighted by atomic mass is 16.5. The first-order chi connectivity index (χ1) is 13.1. The normalized spacial score (nSPS) is 10.4. The Bertz CT molecular complexity index is 903. The molecule has 2 aromatic carbocycles. The van der Waals surface area contributed by atoms with Crippen LogP contribution in [0.4, 0.5) is 4.79 Å². The number of alkyl carbamates (subject to hydrolysis) is 1. The molecule has 0 aliphatic carbocycles. The Morgan fingerprint density at radius 3 is 2.33 bits per heavy atom. The highest BCUT2D eigenvalue weighted by Crippen LogP contribution is 2.29. The van der Waals surface area contributed by atoms with Crippen molar-refractivity contribution in [2.45, 2.75) is 13.0 Å². The Kier molecular flexibility index (Phi) is 5.89. The monoisotopic (exact) mass is 365 g/mol. The highest BCUT2D eigenvalue weighted by molar-refractivity contribution is 5.89. The maximum Gasteiger partial charge on any atom is 0.407 e. The molecular weight excluding hydrogens is 346 g/mol. The van der Waals surface area contributed by atoms with E-state index in [1.165, 1.54) is 6.26 Å². The molecule has 0 aliphatic rings. The minimum Gasteiger partial charge on any atom is -0.475 e. The van der Waals surface area contributed by atoms with Crippen LogP contribution >= 0.6 is 0 Å². The lowest BCUT2D eigenvalue weighted by atomic mass is 10.0. The molecule has 1 amide bonds. The van der Waals surface area contributed by atoms with Gasteiger partial charge in [0.1, 0.15) is 6.61 Å². The van der Waals surface area contributed by atoms with Crippen molar-refractivity contribution < 1.29 is 23.8 Å². The van der Waals surface area contributed by atoms with Crippen molar-refractivity contribution in [3.05, 3.63) is 83.8 Å². The quantitative estimate of drug-likeness (QED) is 0.658. The first kappa shape index (κ1) is 18.3. The molecule has 6 heteroatoms. The topological polar surface area (TPSA) is 88.8 Å². The van der Waals surface area contributed by atoms with Gasteiger partial charge in [-0.15, -0.1) is 0 Å². The summed E-state index contributed by atoms with van der Waals surface area (Å²) in [6.45, 7) is 0.227. The van der Waals surface area contributed by atoms with Crippen molar-refractivity contribution in [1.29, 1.82) is 0 Å². The van der Waals surface area contributed by atoms with Gasteiger partial charge in [-0.25, -0.2) is 9.59 Å². The second-order valence-electron chi connectivity index (χ2n) is 5.87. The predicted octanol–water partition coefficient (Wildman–Crippen LogP) is 4.11. The number of hydrogen-bond donors (Lipinski definition) is 2. The van der Waals surface area contributed by atoms with E-state index < -0.39 is 12.1 Å². The van der Waals surface area contributed by atoms with Crippen LogP contribution in [0.1, 0.15) is 21.7 Å². The van der Waals surface area contributed by atoms with E-state index in [4.69, 9.17) is 9.15 Å². The third kappa shape index (κ3) is 4.76. The lowest BCUT2D eigenvalue weighted by Crippen LogP contribution is -2.26. The van der Waals surface area contributed by atoms with Gasteiger partial charge >= 0.3 is 12.1 Å². The summed E-state index contributed by atoms with van der Waals surface area (Å²) in [5.41, 5.74) is 2.81. The summed E-state index contributed by atoms with van der Waals surface area (Å²) >= 11 is 0. The number of amides is 1. The average Bonchev–Trinajstić information content (AvgIpc) is 3.12. The Morgan fingerprint density at radius 1 is 1.00 bits per heavy atom. The number of benzene rings is 2. The molecule has 0 bridgehead atoms. The second kappa shape index (κ2) is 8.71. The molecule has 0 saturated carbocycles. The van der Waals surface area contributed by atoms with Gasteiger partial charge in [0.15, 0.2) is 0 Å². The van der Waals surface area contributed by atoms with Gasteiger partial charge in [-0.2, -0.15) is 0 Å². The molecule has 0 fully saturated rings. The fourth-order valence-electron chi connectivity index (χ4n) is 2.71. The van der Waals surface area contributed by atoms with Gasteiger partial charge in [-0.1, -0.05) is 60.7 Å². The first-order valence-electron chi connectivity index (χ1n) is 8.49. The molecule has 0 radical (unpaired) electrons. The lowest BCUT2D eigenvalue weighted by molar-refractivity contribution is 0.0655. The van der Waals surface area contributed by atoms with Gasteiger partial charge in [0.2, 0.25) is 5.76 Å². The molecule has 2 N–H and O–H groups in total. The van der Waals surface area contributed by atoms with Crippen LogP contribution in [0.25, 0.3) is 11.1 Å². The van der Waals surface area contributed by atoms with E-state index in [0.29, 0.717) is 24.1 Å². The summed E-state index contributed by atoms with van der Waals surface area (Å²) < 4.78 is 10.4. The number of aromatic carboxylic acids is 1. The zero-order valence-corrected chi connectivity index (χ0v) is 14.6. The number of furan rings is 1. The minimum atomic E-state index is -1.21. The zero-order chi connectivity index (χ0) is 19.1. The summed E-state index contributed by atoms with van der Waals surface area (Å²) in [7, 11) is 0. The van der Waals surface area contributed by atoms with Crippen LogP contribution in [0, 0.1) is 0 Å². The Hall–Kier alpha value is -3.54. The van der Waals surface area contributed by atoms with Crippen molar-refractivity contribution in [3.8, 4) is 11.1 Å². The fraction of sp³-hybridized carbons (Fsp3) is 0.143. The smallest absolute Gasteiger partial charge is 0.407 e. The third-order valence-corrected chi connectivity index (χ3v) is 4.05. The Labute approximate surface area is 156 Å². The van der Waals surface area contributed by atoms with Crippen molar-refractivity contribution in [2.75, 3.05) is 6.54 Å². The van der Waals surface area contributed by atoms with Crippen molar-refractivity contribution in [2.24, 2.45) is 0 Å². The van der Waals surface area contributed by atoms with Gasteiger partial charge in [0.05, 0.1) is 11.8 Å². The number of carbonyl (C=O) groups is 2. The predicted molar refractivity (Wildman–Crippen MR) is 99.4 cm³/mol. The maximum absolute atomic E-state index is 11.9. The summed E-state index contributed by atoms with van der Waals surface area (Å²) in [5.74, 6) is -1.44. The van der Waals surface area contributed by atoms with Crippen LogP contribution in [0.3, 0.4) is 0 Å². The number of rotatable bonds is 7. The Morgan fingerprint density at radius 2 is 1.67 bits per heavy atom. The molecular formula is C21H19NO5. The molecule has 6 nitrogen and oxygen atoms in total. The second-order valence-corrected chi connectivity index (χ2v) is 5.87. The molecule has 27 heavy (non-hydrogen) atoms. The largest absolute Gasteiger partial charge is 0.475 e. The van der Waals surface area contributed by atoms with E-state index in [2.05, 4.69) is 5.32 Å². The van der Waals surface area contributed by atoms with Crippen molar-refractivity contribution in [3.63, 3.8) is 0 Å². The lowest BCUT2D eigenvalue weighted by Gasteiger charge is -2.08. The average molecular weight is 365 g/mol. The van der Waals surface area contributed by atoms with Gasteiger partial charge in [0.25, 0.3) is 0 Å². The van der Waals surface area contributed by atoms with E-state index in [1.807, 2.05) is 60.7 Å². The standard InChI is InChI=1S/C21H19NO5/c23-20(24)19-18(17(13-26-19)16-9-5-2-6-10-16)14-27-21(25)22-12-11-15-7-3-1-4-8-15/h1-10,13H,11-12,14H2,(H,22,25)(H,23,24). The summed E-state index contributed by atoms with van der Waals surface area (Å²) in [5, 5.41) is 12.0. The van der Waals surface area contributed by atoms with E-state index >= 15 is 0 Å². The number of nitrogens with one attached hydrogen (secondary N) is 1. The number of carboxylic acid groups (broad SMARTS) is 1. The molecule has 0 unspecified atom stereocenters. The van der Waals surface area contributed by atoms with Crippen LogP contribution < -0.4 is 5.32 Å². The molecule has 1 heterocycles. The van der Waals surface area contributed by atoms with Gasteiger partial charge in [-0.3, -0.25) is 0 Å². The van der Waals surface area contributed by atoms with E-state index in [1.54, 1.807) is 0 Å². The molecule has 3 aromatic rings. The minimum absolute atomic E-state index is 0.195. The van der Waals surface area contributed by atoms with E-state index in [-0.39, 0.29) is 12.4 Å². The van der Waals surface area contributed by atoms with Crippen LogP contribution in [0.5, 0.6) is 0 Å². The molecule has 1 aromatic heterocycles. The van der Waals surface area contributed by atoms with E-state index in [0.717, 1.165) is 11.1 Å². The fourth-order valence-corrected chi connectivity index (χ4v) is 2.71. The van der Waals surface area contributed by atoms with Gasteiger partial charge in [-0.05, 0) is 17.5 Å². The Balaban J connectivity index is 1.62. The summed E-state index contributed by atoms with van der Waals surface area (Å²) in [6.07, 6.45) is 1.43.